The molecule has 2 heterocycles. The molecule has 6 nitrogen and oxygen atoms in total. The monoisotopic (exact) mass is 353 g/mol. The first-order chi connectivity index (χ1) is 12.6. The molecule has 1 aromatic heterocycles. The highest BCUT2D eigenvalue weighted by Crippen LogP contribution is 2.20. The maximum Gasteiger partial charge on any atom is 0.337 e. The Morgan fingerprint density at radius 3 is 2.50 bits per heavy atom. The van der Waals surface area contributed by atoms with Gasteiger partial charge in [0.05, 0.1) is 24.6 Å². The van der Waals surface area contributed by atoms with Crippen molar-refractivity contribution < 1.29 is 14.3 Å². The second-order valence-electron chi connectivity index (χ2n) is 6.62. The van der Waals surface area contributed by atoms with Crippen molar-refractivity contribution in [2.45, 2.75) is 19.8 Å². The molecule has 1 amide bonds. The minimum atomic E-state index is -0.367. The van der Waals surface area contributed by atoms with Crippen LogP contribution in [0.1, 0.15) is 40.6 Å². The number of amides is 1. The van der Waals surface area contributed by atoms with Crippen LogP contribution in [0.3, 0.4) is 0 Å². The lowest BCUT2D eigenvalue weighted by atomic mass is 10.00. The summed E-state index contributed by atoms with van der Waals surface area (Å²) in [5.74, 6) is 0.167. The molecule has 0 saturated carbocycles. The molecule has 0 spiro atoms. The van der Waals surface area contributed by atoms with Gasteiger partial charge in [-0.3, -0.25) is 4.79 Å². The summed E-state index contributed by atoms with van der Waals surface area (Å²) in [7, 11) is 1.35. The van der Waals surface area contributed by atoms with E-state index in [1.807, 2.05) is 11.0 Å². The van der Waals surface area contributed by atoms with E-state index in [9.17, 15) is 9.59 Å². The summed E-state index contributed by atoms with van der Waals surface area (Å²) >= 11 is 0. The second-order valence-corrected chi connectivity index (χ2v) is 6.62. The van der Waals surface area contributed by atoms with E-state index in [0.717, 1.165) is 30.9 Å². The molecule has 0 aliphatic carbocycles. The van der Waals surface area contributed by atoms with Crippen molar-refractivity contribution in [3.63, 3.8) is 0 Å². The van der Waals surface area contributed by atoms with Crippen LogP contribution in [-0.4, -0.2) is 42.0 Å². The first-order valence-electron chi connectivity index (χ1n) is 8.77. The van der Waals surface area contributed by atoms with Crippen molar-refractivity contribution in [3.05, 3.63) is 53.9 Å². The van der Waals surface area contributed by atoms with E-state index in [1.54, 1.807) is 36.5 Å². The molecule has 1 saturated heterocycles. The number of methoxy groups -OCH3 is 1. The van der Waals surface area contributed by atoms with Crippen LogP contribution in [0, 0.1) is 5.92 Å². The van der Waals surface area contributed by atoms with Crippen molar-refractivity contribution >= 4 is 23.3 Å². The lowest BCUT2D eigenvalue weighted by Gasteiger charge is -2.30. The van der Waals surface area contributed by atoms with Crippen molar-refractivity contribution in [1.82, 2.24) is 9.88 Å². The molecule has 0 bridgehead atoms. The number of rotatable bonds is 4. The Balaban J connectivity index is 1.64. The third kappa shape index (κ3) is 4.20. The lowest BCUT2D eigenvalue weighted by Crippen LogP contribution is -2.39. The van der Waals surface area contributed by atoms with Gasteiger partial charge in [0, 0.05) is 18.8 Å². The zero-order chi connectivity index (χ0) is 18.5. The van der Waals surface area contributed by atoms with Gasteiger partial charge in [0.25, 0.3) is 5.91 Å². The first kappa shape index (κ1) is 17.9. The molecule has 6 heteroatoms. The van der Waals surface area contributed by atoms with Crippen LogP contribution in [-0.2, 0) is 4.74 Å². The number of carbonyl (C=O) groups is 2. The summed E-state index contributed by atoms with van der Waals surface area (Å²) in [6, 6.07) is 10.5. The Hall–Kier alpha value is -2.89. The molecule has 0 radical (unpaired) electrons. The predicted molar refractivity (Wildman–Crippen MR) is 99.6 cm³/mol. The van der Waals surface area contributed by atoms with E-state index >= 15 is 0 Å². The third-order valence-corrected chi connectivity index (χ3v) is 4.52. The summed E-state index contributed by atoms with van der Waals surface area (Å²) in [6.45, 7) is 3.77. The van der Waals surface area contributed by atoms with Crippen LogP contribution in [0.25, 0.3) is 0 Å². The van der Waals surface area contributed by atoms with E-state index in [-0.39, 0.29) is 11.9 Å². The molecule has 2 aromatic rings. The number of aromatic nitrogens is 1. The fraction of sp³-hybridized carbons (Fsp3) is 0.350. The van der Waals surface area contributed by atoms with E-state index in [4.69, 9.17) is 0 Å². The Labute approximate surface area is 153 Å². The van der Waals surface area contributed by atoms with Gasteiger partial charge in [0.2, 0.25) is 0 Å². The Morgan fingerprint density at radius 2 is 1.88 bits per heavy atom. The molecule has 1 aromatic carbocycles. The highest BCUT2D eigenvalue weighted by Gasteiger charge is 2.22. The number of hydrogen-bond acceptors (Lipinski definition) is 5. The predicted octanol–water partition coefficient (Wildman–Crippen LogP) is 3.48. The Morgan fingerprint density at radius 1 is 1.15 bits per heavy atom. The van der Waals surface area contributed by atoms with Gasteiger partial charge in [-0.15, -0.1) is 0 Å². The lowest BCUT2D eigenvalue weighted by molar-refractivity contribution is 0.0600. The van der Waals surface area contributed by atoms with Gasteiger partial charge in [0.1, 0.15) is 5.69 Å². The summed E-state index contributed by atoms with van der Waals surface area (Å²) in [6.07, 6.45) is 3.87. The zero-order valence-corrected chi connectivity index (χ0v) is 15.1. The van der Waals surface area contributed by atoms with Gasteiger partial charge in [0.15, 0.2) is 0 Å². The topological polar surface area (TPSA) is 71.5 Å². The average Bonchev–Trinajstić information content (AvgIpc) is 2.68. The maximum atomic E-state index is 12.5. The Kier molecular flexibility index (Phi) is 5.51. The van der Waals surface area contributed by atoms with E-state index in [0.29, 0.717) is 17.2 Å². The van der Waals surface area contributed by atoms with E-state index in [2.05, 4.69) is 22.0 Å². The van der Waals surface area contributed by atoms with Crippen LogP contribution >= 0.6 is 0 Å². The van der Waals surface area contributed by atoms with Crippen LogP contribution in [0.4, 0.5) is 11.4 Å². The number of benzene rings is 1. The standard InChI is InChI=1S/C20H23N3O3/c1-14-4-3-11-23(13-14)19(24)18-10-9-17(12-21-18)22-16-7-5-15(6-8-16)20(25)26-2/h5-10,12,14,22H,3-4,11,13H2,1-2H3. The summed E-state index contributed by atoms with van der Waals surface area (Å²) in [4.78, 5) is 30.2. The normalized spacial score (nSPS) is 16.8. The average molecular weight is 353 g/mol. The number of piperidine rings is 1. The molecule has 3 rings (SSSR count). The summed E-state index contributed by atoms with van der Waals surface area (Å²) in [5, 5.41) is 3.20. The minimum Gasteiger partial charge on any atom is -0.465 e. The smallest absolute Gasteiger partial charge is 0.337 e. The number of pyridine rings is 1. The molecule has 1 aliphatic heterocycles. The maximum absolute atomic E-state index is 12.5. The first-order valence-corrected chi connectivity index (χ1v) is 8.77. The highest BCUT2D eigenvalue weighted by atomic mass is 16.5. The molecular weight excluding hydrogens is 330 g/mol. The van der Waals surface area contributed by atoms with Crippen LogP contribution < -0.4 is 5.32 Å². The summed E-state index contributed by atoms with van der Waals surface area (Å²) in [5.41, 5.74) is 2.56. The molecule has 26 heavy (non-hydrogen) atoms. The van der Waals surface area contributed by atoms with Crippen molar-refractivity contribution in [1.29, 1.82) is 0 Å². The second kappa shape index (κ2) is 7.99. The minimum absolute atomic E-state index is 0.00877. The van der Waals surface area contributed by atoms with E-state index < -0.39 is 0 Å². The van der Waals surface area contributed by atoms with Crippen LogP contribution in [0.2, 0.25) is 0 Å². The number of nitrogens with one attached hydrogen (secondary N) is 1. The molecule has 1 fully saturated rings. The van der Waals surface area contributed by atoms with Gasteiger partial charge in [-0.1, -0.05) is 6.92 Å². The number of likely N-dealkylation sites (tertiary alicyclic amines) is 1. The van der Waals surface area contributed by atoms with Gasteiger partial charge < -0.3 is 15.0 Å². The van der Waals surface area contributed by atoms with Gasteiger partial charge in [-0.05, 0) is 55.2 Å². The fourth-order valence-corrected chi connectivity index (χ4v) is 3.10. The molecular formula is C20H23N3O3. The highest BCUT2D eigenvalue weighted by molar-refractivity contribution is 5.92. The molecule has 1 N–H and O–H groups in total. The number of carbonyl (C=O) groups excluding carboxylic acids is 2. The molecule has 1 unspecified atom stereocenters. The molecule has 1 aliphatic rings. The van der Waals surface area contributed by atoms with Crippen molar-refractivity contribution in [3.8, 4) is 0 Å². The number of esters is 1. The fourth-order valence-electron chi connectivity index (χ4n) is 3.10. The van der Waals surface area contributed by atoms with Crippen LogP contribution in [0.15, 0.2) is 42.6 Å². The van der Waals surface area contributed by atoms with E-state index in [1.165, 1.54) is 13.5 Å². The van der Waals surface area contributed by atoms with Crippen LogP contribution in [0.5, 0.6) is 0 Å². The number of ether oxygens (including phenoxy) is 1. The summed E-state index contributed by atoms with van der Waals surface area (Å²) < 4.78 is 4.68. The molecule has 136 valence electrons. The Bertz CT molecular complexity index is 772. The molecule has 1 atom stereocenters. The zero-order valence-electron chi connectivity index (χ0n) is 15.1. The quantitative estimate of drug-likeness (QED) is 0.852. The number of hydrogen-bond donors (Lipinski definition) is 1. The van der Waals surface area contributed by atoms with Gasteiger partial charge in [-0.2, -0.15) is 0 Å². The third-order valence-electron chi connectivity index (χ3n) is 4.52. The van der Waals surface area contributed by atoms with Crippen molar-refractivity contribution in [2.24, 2.45) is 5.92 Å². The SMILES string of the molecule is COC(=O)c1ccc(Nc2ccc(C(=O)N3CCCC(C)C3)nc2)cc1. The van der Waals surface area contributed by atoms with Gasteiger partial charge >= 0.3 is 5.97 Å². The van der Waals surface area contributed by atoms with Gasteiger partial charge in [-0.25, -0.2) is 9.78 Å². The largest absolute Gasteiger partial charge is 0.465 e. The number of anilines is 2. The number of nitrogens with zero attached hydrogens (tertiary/aromatic N) is 2. The van der Waals surface area contributed by atoms with Crippen molar-refractivity contribution in [2.75, 3.05) is 25.5 Å².